The Bertz CT molecular complexity index is 2020. The molecule has 0 fully saturated rings. The molecule has 1 heterocycles. The van der Waals surface area contributed by atoms with Gasteiger partial charge in [0.25, 0.3) is 0 Å². The van der Waals surface area contributed by atoms with Crippen LogP contribution in [0.25, 0.3) is 60.2 Å². The van der Waals surface area contributed by atoms with Crippen molar-refractivity contribution in [2.24, 2.45) is 0 Å². The maximum atomic E-state index is 2.50. The predicted octanol–water partition coefficient (Wildman–Crippen LogP) is 9.40. The van der Waals surface area contributed by atoms with Crippen LogP contribution in [0.5, 0.6) is 0 Å². The molecular formula is C35H25N. The van der Waals surface area contributed by atoms with Crippen molar-refractivity contribution in [3.63, 3.8) is 0 Å². The van der Waals surface area contributed by atoms with Gasteiger partial charge in [-0.15, -0.1) is 0 Å². The number of rotatable bonds is 1. The molecule has 1 aromatic heterocycles. The fourth-order valence-corrected chi connectivity index (χ4v) is 6.78. The minimum Gasteiger partial charge on any atom is -0.309 e. The van der Waals surface area contributed by atoms with E-state index >= 15 is 0 Å². The second-order valence-electron chi connectivity index (χ2n) is 10.6. The summed E-state index contributed by atoms with van der Waals surface area (Å²) in [6.07, 6.45) is 0. The lowest BCUT2D eigenvalue weighted by atomic mass is 9.79. The van der Waals surface area contributed by atoms with Gasteiger partial charge in [0.05, 0.1) is 11.0 Å². The first-order chi connectivity index (χ1) is 17.6. The number of benzene rings is 6. The van der Waals surface area contributed by atoms with E-state index in [0.717, 1.165) is 0 Å². The van der Waals surface area contributed by atoms with Crippen molar-refractivity contribution in [1.82, 2.24) is 4.57 Å². The fraction of sp³-hybridized carbons (Fsp3) is 0.0857. The Morgan fingerprint density at radius 1 is 0.583 bits per heavy atom. The van der Waals surface area contributed by atoms with E-state index in [4.69, 9.17) is 0 Å². The van der Waals surface area contributed by atoms with E-state index in [1.165, 1.54) is 71.3 Å². The first-order valence-corrected chi connectivity index (χ1v) is 12.7. The molecule has 1 aliphatic rings. The Morgan fingerprint density at radius 3 is 2.11 bits per heavy atom. The molecule has 6 aromatic carbocycles. The van der Waals surface area contributed by atoms with Gasteiger partial charge in [0.15, 0.2) is 0 Å². The van der Waals surface area contributed by atoms with Crippen molar-refractivity contribution < 1.29 is 0 Å². The molecule has 1 aliphatic carbocycles. The lowest BCUT2D eigenvalue weighted by Crippen LogP contribution is -2.15. The van der Waals surface area contributed by atoms with Crippen LogP contribution in [0.15, 0.2) is 115 Å². The average molecular weight is 460 g/mol. The van der Waals surface area contributed by atoms with Crippen LogP contribution in [0.4, 0.5) is 0 Å². The highest BCUT2D eigenvalue weighted by Gasteiger charge is 2.39. The van der Waals surface area contributed by atoms with E-state index in [9.17, 15) is 0 Å². The van der Waals surface area contributed by atoms with Gasteiger partial charge in [-0.05, 0) is 56.6 Å². The molecule has 170 valence electrons. The third-order valence-electron chi connectivity index (χ3n) is 8.31. The molecule has 0 amide bonds. The monoisotopic (exact) mass is 459 g/mol. The van der Waals surface area contributed by atoms with Crippen molar-refractivity contribution in [2.75, 3.05) is 0 Å². The molecule has 0 saturated heterocycles. The summed E-state index contributed by atoms with van der Waals surface area (Å²) in [6, 6.07) is 42.4. The Morgan fingerprint density at radius 2 is 1.25 bits per heavy atom. The molecule has 1 nitrogen and oxygen atoms in total. The number of hydrogen-bond acceptors (Lipinski definition) is 0. The molecule has 36 heavy (non-hydrogen) atoms. The first kappa shape index (κ1) is 19.9. The highest BCUT2D eigenvalue weighted by atomic mass is 15.0. The molecule has 1 heteroatoms. The SMILES string of the molecule is CC1(C)c2ccccc2-c2c1c1c3ccccc3n(-c3ccc4ccccc4c3)c1c1ccccc21. The van der Waals surface area contributed by atoms with Gasteiger partial charge in [0, 0.05) is 27.3 Å². The van der Waals surface area contributed by atoms with Crippen LogP contribution < -0.4 is 0 Å². The van der Waals surface area contributed by atoms with Gasteiger partial charge in [0.2, 0.25) is 0 Å². The highest BCUT2D eigenvalue weighted by Crippen LogP contribution is 2.56. The zero-order valence-corrected chi connectivity index (χ0v) is 20.4. The van der Waals surface area contributed by atoms with Crippen molar-refractivity contribution in [1.29, 1.82) is 0 Å². The summed E-state index contributed by atoms with van der Waals surface area (Å²) < 4.78 is 2.50. The number of hydrogen-bond donors (Lipinski definition) is 0. The molecule has 8 rings (SSSR count). The van der Waals surface area contributed by atoms with Crippen molar-refractivity contribution in [2.45, 2.75) is 19.3 Å². The van der Waals surface area contributed by atoms with E-state index in [-0.39, 0.29) is 5.41 Å². The summed E-state index contributed by atoms with van der Waals surface area (Å²) in [4.78, 5) is 0. The first-order valence-electron chi connectivity index (χ1n) is 12.7. The standard InChI is InChI=1S/C35H25N/c1-35(2)29-17-9-7-15-27(29)31-25-13-5-6-14-26(25)34-32(33(31)35)28-16-8-10-18-30(28)36(34)24-20-19-22-11-3-4-12-23(22)21-24/h3-21H,1-2H3. The van der Waals surface area contributed by atoms with Crippen LogP contribution in [0, 0.1) is 0 Å². The topological polar surface area (TPSA) is 4.93 Å². The predicted molar refractivity (Wildman–Crippen MR) is 153 cm³/mol. The molecular weight excluding hydrogens is 434 g/mol. The van der Waals surface area contributed by atoms with Gasteiger partial charge in [-0.2, -0.15) is 0 Å². The molecule has 7 aromatic rings. The van der Waals surface area contributed by atoms with Crippen molar-refractivity contribution in [3.05, 3.63) is 126 Å². The molecule has 0 saturated carbocycles. The fourth-order valence-electron chi connectivity index (χ4n) is 6.78. The third kappa shape index (κ3) is 2.40. The molecule has 0 atom stereocenters. The largest absolute Gasteiger partial charge is 0.309 e. The molecule has 0 N–H and O–H groups in total. The van der Waals surface area contributed by atoms with Crippen LogP contribution in [0.3, 0.4) is 0 Å². The van der Waals surface area contributed by atoms with E-state index in [0.29, 0.717) is 0 Å². The summed E-state index contributed by atoms with van der Waals surface area (Å²) in [5.74, 6) is 0. The highest BCUT2D eigenvalue weighted by molar-refractivity contribution is 6.25. The Hall–Kier alpha value is -4.36. The molecule has 0 bridgehead atoms. The normalized spacial score (nSPS) is 14.1. The molecule has 0 aliphatic heterocycles. The second-order valence-corrected chi connectivity index (χ2v) is 10.6. The smallest absolute Gasteiger partial charge is 0.0623 e. The quantitative estimate of drug-likeness (QED) is 0.230. The second kappa shape index (κ2) is 6.86. The minimum absolute atomic E-state index is 0.0907. The summed E-state index contributed by atoms with van der Waals surface area (Å²) in [7, 11) is 0. The van der Waals surface area contributed by atoms with Crippen molar-refractivity contribution >= 4 is 43.4 Å². The molecule has 0 unspecified atom stereocenters. The lowest BCUT2D eigenvalue weighted by molar-refractivity contribution is 0.667. The van der Waals surface area contributed by atoms with E-state index in [1.807, 2.05) is 0 Å². The third-order valence-corrected chi connectivity index (χ3v) is 8.31. The van der Waals surface area contributed by atoms with E-state index < -0.39 is 0 Å². The zero-order chi connectivity index (χ0) is 24.0. The van der Waals surface area contributed by atoms with Gasteiger partial charge in [0.1, 0.15) is 0 Å². The van der Waals surface area contributed by atoms with Crippen LogP contribution in [-0.2, 0) is 5.41 Å². The minimum atomic E-state index is -0.0907. The maximum Gasteiger partial charge on any atom is 0.0623 e. The number of nitrogens with zero attached hydrogens (tertiary/aromatic N) is 1. The van der Waals surface area contributed by atoms with Gasteiger partial charge in [-0.1, -0.05) is 111 Å². The summed E-state index contributed by atoms with van der Waals surface area (Å²) in [5.41, 5.74) is 9.33. The molecule has 0 radical (unpaired) electrons. The average Bonchev–Trinajstić information content (AvgIpc) is 3.38. The Kier molecular flexibility index (Phi) is 3.79. The number of fused-ring (bicyclic) bond motifs is 11. The van der Waals surface area contributed by atoms with Crippen molar-refractivity contribution in [3.8, 4) is 16.8 Å². The van der Waals surface area contributed by atoms with Crippen LogP contribution >= 0.6 is 0 Å². The van der Waals surface area contributed by atoms with Gasteiger partial charge >= 0.3 is 0 Å². The van der Waals surface area contributed by atoms with E-state index in [1.54, 1.807) is 0 Å². The maximum absolute atomic E-state index is 2.50. The zero-order valence-electron chi connectivity index (χ0n) is 20.4. The summed E-state index contributed by atoms with van der Waals surface area (Å²) >= 11 is 0. The van der Waals surface area contributed by atoms with E-state index in [2.05, 4.69) is 134 Å². The molecule has 0 spiro atoms. The lowest BCUT2D eigenvalue weighted by Gasteiger charge is -2.23. The van der Waals surface area contributed by atoms with Gasteiger partial charge in [-0.25, -0.2) is 0 Å². The van der Waals surface area contributed by atoms with Crippen LogP contribution in [-0.4, -0.2) is 4.57 Å². The van der Waals surface area contributed by atoms with Crippen LogP contribution in [0.2, 0.25) is 0 Å². The van der Waals surface area contributed by atoms with Crippen LogP contribution in [0.1, 0.15) is 25.0 Å². The summed E-state index contributed by atoms with van der Waals surface area (Å²) in [5, 5.41) is 7.88. The Labute approximate surface area is 210 Å². The van der Waals surface area contributed by atoms with Gasteiger partial charge in [-0.3, -0.25) is 0 Å². The summed E-state index contributed by atoms with van der Waals surface area (Å²) in [6.45, 7) is 4.79. The number of para-hydroxylation sites is 1. The number of aromatic nitrogens is 1. The van der Waals surface area contributed by atoms with Gasteiger partial charge < -0.3 is 4.57 Å². The Balaban J connectivity index is 1.65.